The number of rotatable bonds is 47. The molecule has 1 aliphatic heterocycles. The molecule has 1 aliphatic rings. The summed E-state index contributed by atoms with van der Waals surface area (Å²) < 4.78 is 28.3. The van der Waals surface area contributed by atoms with Gasteiger partial charge >= 0.3 is 23.9 Å². The van der Waals surface area contributed by atoms with Crippen LogP contribution >= 0.6 is 0 Å². The minimum atomic E-state index is -1.90. The molecule has 0 radical (unpaired) electrons. The number of aliphatic hydroxyl groups excluding tert-OH is 2. The third kappa shape index (κ3) is 36.5. The van der Waals surface area contributed by atoms with Gasteiger partial charge in [-0.25, -0.2) is 4.79 Å². The zero-order valence-corrected chi connectivity index (χ0v) is 43.8. The van der Waals surface area contributed by atoms with Gasteiger partial charge < -0.3 is 39.0 Å². The number of carboxylic acid groups (broad SMARTS) is 1. The average Bonchev–Trinajstić information content (AvgIpc) is 3.33. The van der Waals surface area contributed by atoms with Crippen LogP contribution in [-0.4, -0.2) is 89.2 Å². The van der Waals surface area contributed by atoms with Crippen molar-refractivity contribution < 1.29 is 58.2 Å². The maximum Gasteiger partial charge on any atom is 0.335 e. The molecule has 1 fully saturated rings. The smallest absolute Gasteiger partial charge is 0.335 e. The predicted octanol–water partition coefficient (Wildman–Crippen LogP) is 13.7. The van der Waals surface area contributed by atoms with Gasteiger partial charge in [-0.1, -0.05) is 218 Å². The van der Waals surface area contributed by atoms with Crippen LogP contribution in [-0.2, 0) is 42.9 Å². The summed E-state index contributed by atoms with van der Waals surface area (Å²) in [6, 6.07) is 0. The highest BCUT2D eigenvalue weighted by Crippen LogP contribution is 2.26. The monoisotopic (exact) mass is 977 g/mol. The van der Waals surface area contributed by atoms with Crippen LogP contribution in [0.1, 0.15) is 252 Å². The van der Waals surface area contributed by atoms with Gasteiger partial charge in [-0.3, -0.25) is 14.4 Å². The minimum absolute atomic E-state index is 0.0633. The molecule has 0 aromatic carbocycles. The van der Waals surface area contributed by atoms with Gasteiger partial charge in [-0.2, -0.15) is 0 Å². The van der Waals surface area contributed by atoms with Crippen molar-refractivity contribution in [2.45, 2.75) is 289 Å². The molecule has 0 aliphatic carbocycles. The summed E-state index contributed by atoms with van der Waals surface area (Å²) in [6.07, 6.45) is 39.9. The number of aliphatic hydroxyl groups is 2. The summed E-state index contributed by atoms with van der Waals surface area (Å²) in [6.45, 7) is 5.84. The number of esters is 3. The predicted molar refractivity (Wildman–Crippen MR) is 276 cm³/mol. The molecule has 0 spiro atoms. The number of carbonyl (C=O) groups excluding carboxylic acids is 3. The first kappa shape index (κ1) is 64.0. The van der Waals surface area contributed by atoms with Crippen molar-refractivity contribution in [3.05, 3.63) is 36.5 Å². The molecule has 0 aromatic heterocycles. The van der Waals surface area contributed by atoms with E-state index in [-0.39, 0.29) is 25.9 Å². The van der Waals surface area contributed by atoms with E-state index in [1.807, 2.05) is 0 Å². The van der Waals surface area contributed by atoms with E-state index < -0.39 is 67.3 Å². The maximum atomic E-state index is 13.1. The Hall–Kier alpha value is -3.06. The lowest BCUT2D eigenvalue weighted by molar-refractivity contribution is -0.301. The Morgan fingerprint density at radius 3 is 1.39 bits per heavy atom. The second-order valence-corrected chi connectivity index (χ2v) is 19.2. The standard InChI is InChI=1S/C57H100O12/c1-4-7-10-13-16-19-21-23-24-25-26-28-29-32-34-37-40-43-49(58)65-46-48(67-50(59)44-41-38-36-33-30-27-22-20-17-14-11-8-5-2)47-66-57-55(53(62)52(61)54(69-57)56(63)64)68-51(60)45-42-39-35-31-18-15-12-9-6-3/h7,10,16,19,23-24,48,52-55,57,61-62H,4-6,8-9,11-15,17-18,20-22,25-47H2,1-3H3,(H,63,64)/b10-7-,19-16-,24-23-. The number of unbranched alkanes of at least 4 members (excludes halogenated alkanes) is 27. The number of hydrogen-bond acceptors (Lipinski definition) is 11. The summed E-state index contributed by atoms with van der Waals surface area (Å²) in [7, 11) is 0. The highest BCUT2D eigenvalue weighted by Gasteiger charge is 2.50. The molecule has 1 saturated heterocycles. The van der Waals surface area contributed by atoms with E-state index in [1.165, 1.54) is 96.3 Å². The molecule has 0 bridgehead atoms. The number of ether oxygens (including phenoxy) is 5. The molecule has 0 aromatic rings. The van der Waals surface area contributed by atoms with Gasteiger partial charge in [0.1, 0.15) is 18.8 Å². The number of hydrogen-bond donors (Lipinski definition) is 3. The van der Waals surface area contributed by atoms with Crippen LogP contribution in [0.3, 0.4) is 0 Å². The maximum absolute atomic E-state index is 13.1. The van der Waals surface area contributed by atoms with Gasteiger partial charge in [-0.05, 0) is 51.4 Å². The van der Waals surface area contributed by atoms with Gasteiger partial charge in [0, 0.05) is 19.3 Å². The Morgan fingerprint density at radius 1 is 0.493 bits per heavy atom. The summed E-state index contributed by atoms with van der Waals surface area (Å²) >= 11 is 0. The first-order chi connectivity index (χ1) is 33.6. The Balaban J connectivity index is 2.68. The first-order valence-corrected chi connectivity index (χ1v) is 28.0. The van der Waals surface area contributed by atoms with Crippen LogP contribution in [0.25, 0.3) is 0 Å². The van der Waals surface area contributed by atoms with Crippen LogP contribution in [0.2, 0.25) is 0 Å². The van der Waals surface area contributed by atoms with Gasteiger partial charge in [0.2, 0.25) is 0 Å². The fourth-order valence-electron chi connectivity index (χ4n) is 8.44. The molecule has 69 heavy (non-hydrogen) atoms. The minimum Gasteiger partial charge on any atom is -0.479 e. The fraction of sp³-hybridized carbons (Fsp3) is 0.825. The number of carbonyl (C=O) groups is 4. The molecule has 3 N–H and O–H groups in total. The van der Waals surface area contributed by atoms with Gasteiger partial charge in [-0.15, -0.1) is 0 Å². The van der Waals surface area contributed by atoms with E-state index in [2.05, 4.69) is 57.2 Å². The Bertz CT molecular complexity index is 1350. The van der Waals surface area contributed by atoms with Gasteiger partial charge in [0.25, 0.3) is 0 Å². The number of aliphatic carboxylic acids is 1. The van der Waals surface area contributed by atoms with E-state index in [0.29, 0.717) is 19.3 Å². The molecule has 6 unspecified atom stereocenters. The van der Waals surface area contributed by atoms with Gasteiger partial charge in [0.05, 0.1) is 6.61 Å². The van der Waals surface area contributed by atoms with Crippen molar-refractivity contribution in [3.63, 3.8) is 0 Å². The zero-order valence-electron chi connectivity index (χ0n) is 43.8. The Labute approximate surface area is 419 Å². The van der Waals surface area contributed by atoms with E-state index in [4.69, 9.17) is 23.7 Å². The highest BCUT2D eigenvalue weighted by molar-refractivity contribution is 5.74. The highest BCUT2D eigenvalue weighted by atomic mass is 16.7. The second kappa shape index (κ2) is 46.0. The topological polar surface area (TPSA) is 175 Å². The van der Waals surface area contributed by atoms with Crippen molar-refractivity contribution in [1.82, 2.24) is 0 Å². The molecule has 1 rings (SSSR count). The number of carboxylic acids is 1. The summed E-state index contributed by atoms with van der Waals surface area (Å²) in [4.78, 5) is 50.9. The zero-order chi connectivity index (χ0) is 50.4. The normalized spacial score (nSPS) is 18.9. The van der Waals surface area contributed by atoms with Crippen LogP contribution in [0.5, 0.6) is 0 Å². The lowest BCUT2D eigenvalue weighted by atomic mass is 9.98. The Morgan fingerprint density at radius 2 is 0.913 bits per heavy atom. The molecule has 6 atom stereocenters. The van der Waals surface area contributed by atoms with Crippen molar-refractivity contribution in [2.24, 2.45) is 0 Å². The van der Waals surface area contributed by atoms with E-state index >= 15 is 0 Å². The summed E-state index contributed by atoms with van der Waals surface area (Å²) in [5, 5.41) is 31.3. The average molecular weight is 977 g/mol. The lowest BCUT2D eigenvalue weighted by Crippen LogP contribution is -2.61. The van der Waals surface area contributed by atoms with E-state index in [9.17, 15) is 34.5 Å². The lowest BCUT2D eigenvalue weighted by Gasteiger charge is -2.40. The van der Waals surface area contributed by atoms with Crippen LogP contribution in [0, 0.1) is 0 Å². The molecule has 12 heteroatoms. The third-order valence-electron chi connectivity index (χ3n) is 12.7. The van der Waals surface area contributed by atoms with Crippen LogP contribution < -0.4 is 0 Å². The summed E-state index contributed by atoms with van der Waals surface area (Å²) in [5.74, 6) is -3.11. The van der Waals surface area contributed by atoms with Crippen LogP contribution in [0.4, 0.5) is 0 Å². The molecule has 400 valence electrons. The van der Waals surface area contributed by atoms with E-state index in [1.54, 1.807) is 0 Å². The van der Waals surface area contributed by atoms with Crippen LogP contribution in [0.15, 0.2) is 36.5 Å². The Kier molecular flexibility index (Phi) is 42.7. The number of allylic oxidation sites excluding steroid dienone is 6. The van der Waals surface area contributed by atoms with E-state index in [0.717, 1.165) is 96.3 Å². The molecule has 0 saturated carbocycles. The SMILES string of the molecule is CC/C=C\C/C=C\C/C=C\CCCCCCCCCC(=O)OCC(COC1OC(C(=O)O)C(O)C(O)C1OC(=O)CCCCCCCCCCC)OC(=O)CCCCCCCCCCCCCCC. The first-order valence-electron chi connectivity index (χ1n) is 28.0. The van der Waals surface area contributed by atoms with Crippen molar-refractivity contribution in [3.8, 4) is 0 Å². The second-order valence-electron chi connectivity index (χ2n) is 19.2. The van der Waals surface area contributed by atoms with Crippen molar-refractivity contribution in [1.29, 1.82) is 0 Å². The quantitative estimate of drug-likeness (QED) is 0.0228. The van der Waals surface area contributed by atoms with Gasteiger partial charge in [0.15, 0.2) is 24.6 Å². The van der Waals surface area contributed by atoms with Crippen molar-refractivity contribution in [2.75, 3.05) is 13.2 Å². The fourth-order valence-corrected chi connectivity index (χ4v) is 8.44. The summed E-state index contributed by atoms with van der Waals surface area (Å²) in [5.41, 5.74) is 0. The molecule has 1 heterocycles. The van der Waals surface area contributed by atoms with Crippen molar-refractivity contribution >= 4 is 23.9 Å². The third-order valence-corrected chi connectivity index (χ3v) is 12.7. The largest absolute Gasteiger partial charge is 0.479 e. The molecular formula is C57H100O12. The molecule has 0 amide bonds. The molecule has 12 nitrogen and oxygen atoms in total. The molecular weight excluding hydrogens is 877 g/mol.